The smallest absolute Gasteiger partial charge is 0.311 e. The minimum atomic E-state index is -0.335. The highest BCUT2D eigenvalue weighted by Gasteiger charge is 2.18. The first-order valence-electron chi connectivity index (χ1n) is 9.34. The third kappa shape index (κ3) is 5.45. The molecule has 1 N–H and O–H groups in total. The zero-order chi connectivity index (χ0) is 20.8. The fraction of sp³-hybridized carbons (Fsp3) is 0.350. The minimum absolute atomic E-state index is 0.0894. The molecule has 0 saturated carbocycles. The number of thiazole rings is 2. The summed E-state index contributed by atoms with van der Waals surface area (Å²) in [4.78, 5) is 38.0. The molecule has 3 aromatic rings. The average Bonchev–Trinajstić information content (AvgIpc) is 3.29. The Morgan fingerprint density at radius 1 is 1.21 bits per heavy atom. The van der Waals surface area contributed by atoms with Crippen LogP contribution in [0.3, 0.4) is 0 Å². The van der Waals surface area contributed by atoms with Crippen LogP contribution >= 0.6 is 22.7 Å². The summed E-state index contributed by atoms with van der Waals surface area (Å²) in [6, 6.07) is 3.92. The Morgan fingerprint density at radius 3 is 2.79 bits per heavy atom. The summed E-state index contributed by atoms with van der Waals surface area (Å²) in [6.45, 7) is 6.02. The fourth-order valence-electron chi connectivity index (χ4n) is 2.69. The van der Waals surface area contributed by atoms with Gasteiger partial charge in [0.2, 0.25) is 0 Å². The van der Waals surface area contributed by atoms with Gasteiger partial charge >= 0.3 is 5.97 Å². The minimum Gasteiger partial charge on any atom is -0.466 e. The number of esters is 1. The van der Waals surface area contributed by atoms with Gasteiger partial charge in [0, 0.05) is 22.8 Å². The van der Waals surface area contributed by atoms with Crippen LogP contribution in [0.4, 0.5) is 5.13 Å². The second kappa shape index (κ2) is 9.71. The van der Waals surface area contributed by atoms with Gasteiger partial charge in [0.1, 0.15) is 9.88 Å². The molecule has 0 atom stereocenters. The van der Waals surface area contributed by atoms with E-state index in [9.17, 15) is 9.59 Å². The van der Waals surface area contributed by atoms with Gasteiger partial charge in [0.05, 0.1) is 24.4 Å². The number of carbonyl (C=O) groups excluding carboxylic acids is 2. The van der Waals surface area contributed by atoms with Crippen LogP contribution in [0.25, 0.3) is 10.6 Å². The molecule has 3 heterocycles. The van der Waals surface area contributed by atoms with E-state index in [4.69, 9.17) is 4.74 Å². The van der Waals surface area contributed by atoms with E-state index in [-0.39, 0.29) is 18.3 Å². The van der Waals surface area contributed by atoms with E-state index in [1.54, 1.807) is 18.5 Å². The molecule has 0 saturated heterocycles. The Kier molecular flexibility index (Phi) is 7.05. The summed E-state index contributed by atoms with van der Waals surface area (Å²) < 4.78 is 4.92. The molecule has 3 rings (SSSR count). The molecule has 0 bridgehead atoms. The van der Waals surface area contributed by atoms with Crippen LogP contribution < -0.4 is 5.32 Å². The van der Waals surface area contributed by atoms with E-state index in [2.05, 4.69) is 27.2 Å². The second-order valence-electron chi connectivity index (χ2n) is 6.30. The van der Waals surface area contributed by atoms with Crippen molar-refractivity contribution in [2.75, 3.05) is 11.9 Å². The average molecular weight is 431 g/mol. The van der Waals surface area contributed by atoms with Crippen molar-refractivity contribution in [3.05, 3.63) is 45.7 Å². The summed E-state index contributed by atoms with van der Waals surface area (Å²) in [7, 11) is 0. The normalized spacial score (nSPS) is 10.7. The Labute approximate surface area is 177 Å². The van der Waals surface area contributed by atoms with Crippen LogP contribution in [0.1, 0.15) is 47.0 Å². The third-order valence-electron chi connectivity index (χ3n) is 3.98. The maximum Gasteiger partial charge on any atom is 0.311 e. The summed E-state index contributed by atoms with van der Waals surface area (Å²) in [6.07, 6.45) is 3.79. The van der Waals surface area contributed by atoms with Crippen LogP contribution in [-0.4, -0.2) is 33.4 Å². The van der Waals surface area contributed by atoms with Crippen molar-refractivity contribution < 1.29 is 14.3 Å². The maximum absolute atomic E-state index is 12.7. The highest BCUT2D eigenvalue weighted by atomic mass is 32.1. The first-order chi connectivity index (χ1) is 14.0. The van der Waals surface area contributed by atoms with Gasteiger partial charge in [0.15, 0.2) is 5.13 Å². The van der Waals surface area contributed by atoms with Gasteiger partial charge in [-0.15, -0.1) is 22.7 Å². The van der Waals surface area contributed by atoms with E-state index in [1.807, 2.05) is 19.1 Å². The van der Waals surface area contributed by atoms with Crippen molar-refractivity contribution >= 4 is 39.7 Å². The molecular weight excluding hydrogens is 408 g/mol. The van der Waals surface area contributed by atoms with Crippen LogP contribution in [-0.2, 0) is 22.4 Å². The first-order valence-corrected chi connectivity index (χ1v) is 11.0. The molecule has 0 aliphatic rings. The van der Waals surface area contributed by atoms with Gasteiger partial charge < -0.3 is 4.74 Å². The predicted octanol–water partition coefficient (Wildman–Crippen LogP) is 4.28. The quantitative estimate of drug-likeness (QED) is 0.536. The number of rotatable bonds is 8. The molecule has 152 valence electrons. The molecule has 0 spiro atoms. The van der Waals surface area contributed by atoms with Crippen molar-refractivity contribution in [2.45, 2.75) is 40.0 Å². The molecule has 3 aromatic heterocycles. The van der Waals surface area contributed by atoms with Crippen LogP contribution in [0, 0.1) is 6.92 Å². The Hall–Kier alpha value is -2.65. The molecule has 0 radical (unpaired) electrons. The van der Waals surface area contributed by atoms with Gasteiger partial charge in [-0.25, -0.2) is 9.97 Å². The van der Waals surface area contributed by atoms with Gasteiger partial charge in [-0.1, -0.05) is 13.3 Å². The number of aromatic nitrogens is 3. The topological polar surface area (TPSA) is 94.1 Å². The monoisotopic (exact) mass is 430 g/mol. The Morgan fingerprint density at radius 2 is 2.03 bits per heavy atom. The van der Waals surface area contributed by atoms with Crippen LogP contribution in [0.2, 0.25) is 0 Å². The number of anilines is 1. The molecule has 29 heavy (non-hydrogen) atoms. The van der Waals surface area contributed by atoms with Gasteiger partial charge in [-0.05, 0) is 32.4 Å². The van der Waals surface area contributed by atoms with Gasteiger partial charge in [-0.2, -0.15) is 0 Å². The molecule has 0 aromatic carbocycles. The van der Waals surface area contributed by atoms with E-state index in [0.29, 0.717) is 28.0 Å². The lowest BCUT2D eigenvalue weighted by atomic mass is 10.2. The number of ether oxygens (including phenoxy) is 1. The lowest BCUT2D eigenvalue weighted by Gasteiger charge is -2.00. The van der Waals surface area contributed by atoms with E-state index < -0.39 is 0 Å². The van der Waals surface area contributed by atoms with Crippen LogP contribution in [0.5, 0.6) is 0 Å². The number of amides is 1. The highest BCUT2D eigenvalue weighted by molar-refractivity contribution is 7.17. The number of hydrogen-bond acceptors (Lipinski definition) is 8. The van der Waals surface area contributed by atoms with Gasteiger partial charge in [-0.3, -0.25) is 19.9 Å². The lowest BCUT2D eigenvalue weighted by Crippen LogP contribution is -2.12. The molecule has 0 aliphatic carbocycles. The van der Waals surface area contributed by atoms with Crippen LogP contribution in [0.15, 0.2) is 23.7 Å². The number of carbonyl (C=O) groups is 2. The lowest BCUT2D eigenvalue weighted by molar-refractivity contribution is -0.142. The van der Waals surface area contributed by atoms with Gasteiger partial charge in [0.25, 0.3) is 5.91 Å². The first kappa shape index (κ1) is 21.1. The molecule has 0 unspecified atom stereocenters. The SMILES string of the molecule is CCCc1cc(-c2nc(C)c(C(=O)Nc3nc(CC(=O)OCC)cs3)s2)ccn1. The summed E-state index contributed by atoms with van der Waals surface area (Å²) in [5.74, 6) is -0.593. The number of nitrogens with one attached hydrogen (secondary N) is 1. The van der Waals surface area contributed by atoms with Crippen molar-refractivity contribution in [3.8, 4) is 10.6 Å². The second-order valence-corrected chi connectivity index (χ2v) is 8.16. The highest BCUT2D eigenvalue weighted by Crippen LogP contribution is 2.29. The Balaban J connectivity index is 1.71. The third-order valence-corrected chi connectivity index (χ3v) is 5.99. The summed E-state index contributed by atoms with van der Waals surface area (Å²) in [5, 5.41) is 5.76. The van der Waals surface area contributed by atoms with E-state index in [1.165, 1.54) is 22.7 Å². The number of nitrogens with zero attached hydrogens (tertiary/aromatic N) is 3. The fourth-order valence-corrected chi connectivity index (χ4v) is 4.36. The zero-order valence-electron chi connectivity index (χ0n) is 16.5. The maximum atomic E-state index is 12.7. The zero-order valence-corrected chi connectivity index (χ0v) is 18.2. The predicted molar refractivity (Wildman–Crippen MR) is 114 cm³/mol. The number of aryl methyl sites for hydroxylation is 2. The summed E-state index contributed by atoms with van der Waals surface area (Å²) >= 11 is 2.62. The molecule has 0 fully saturated rings. The number of hydrogen-bond donors (Lipinski definition) is 1. The molecular formula is C20H22N4O3S2. The van der Waals surface area contributed by atoms with Crippen molar-refractivity contribution in [3.63, 3.8) is 0 Å². The van der Waals surface area contributed by atoms with E-state index in [0.717, 1.165) is 29.1 Å². The number of pyridine rings is 1. The largest absolute Gasteiger partial charge is 0.466 e. The molecule has 9 heteroatoms. The van der Waals surface area contributed by atoms with Crippen molar-refractivity contribution in [2.24, 2.45) is 0 Å². The summed E-state index contributed by atoms with van der Waals surface area (Å²) in [5.41, 5.74) is 3.22. The Bertz CT molecular complexity index is 1010. The standard InChI is InChI=1S/C20H22N4O3S2/c1-4-6-14-9-13(7-8-21-14)19-22-12(3)17(29-19)18(26)24-20-23-15(11-28-20)10-16(25)27-5-2/h7-9,11H,4-6,10H2,1-3H3,(H,23,24,26). The van der Waals surface area contributed by atoms with E-state index >= 15 is 0 Å². The van der Waals surface area contributed by atoms with Crippen molar-refractivity contribution in [1.29, 1.82) is 0 Å². The molecule has 0 aliphatic heterocycles. The van der Waals surface area contributed by atoms with Crippen molar-refractivity contribution in [1.82, 2.24) is 15.0 Å². The molecule has 1 amide bonds. The molecule has 7 nitrogen and oxygen atoms in total.